The van der Waals surface area contributed by atoms with Gasteiger partial charge in [0.2, 0.25) is 0 Å². The number of hydrogen-bond donors (Lipinski definition) is 1. The Bertz CT molecular complexity index is 295. The Balaban J connectivity index is 4.49. The molecule has 0 spiro atoms. The van der Waals surface area contributed by atoms with Gasteiger partial charge in [-0.15, -0.1) is 0 Å². The standard InChI is InChI=1S/C23H46O2/c1-5-8-10-12-14-16-19-23(4,21(18-7-3)22(24)25)20-17-15-13-11-9-6-2/h21H,5-20H2,1-4H3,(H,24,25). The third-order valence-corrected chi connectivity index (χ3v) is 5.92. The second-order valence-corrected chi connectivity index (χ2v) is 8.37. The molecular weight excluding hydrogens is 308 g/mol. The second-order valence-electron chi connectivity index (χ2n) is 8.37. The van der Waals surface area contributed by atoms with Crippen LogP contribution in [0, 0.1) is 11.3 Å². The summed E-state index contributed by atoms with van der Waals surface area (Å²) in [5, 5.41) is 9.79. The van der Waals surface area contributed by atoms with Crippen LogP contribution in [0.4, 0.5) is 0 Å². The molecule has 0 bridgehead atoms. The fourth-order valence-electron chi connectivity index (χ4n) is 4.15. The molecule has 2 heteroatoms. The number of carboxylic acids is 1. The lowest BCUT2D eigenvalue weighted by Crippen LogP contribution is -2.33. The molecule has 0 aliphatic carbocycles. The fourth-order valence-corrected chi connectivity index (χ4v) is 4.15. The van der Waals surface area contributed by atoms with Crippen LogP contribution in [0.3, 0.4) is 0 Å². The lowest BCUT2D eigenvalue weighted by Gasteiger charge is -2.36. The SMILES string of the molecule is CCCCCCCCC(C)(CCCCCCCC)C(CCC)C(=O)O. The van der Waals surface area contributed by atoms with Crippen LogP contribution in [0.25, 0.3) is 0 Å². The topological polar surface area (TPSA) is 37.3 Å². The van der Waals surface area contributed by atoms with Gasteiger partial charge in [0.15, 0.2) is 0 Å². The molecule has 0 saturated heterocycles. The van der Waals surface area contributed by atoms with Gasteiger partial charge in [0.1, 0.15) is 0 Å². The van der Waals surface area contributed by atoms with Gasteiger partial charge in [0.05, 0.1) is 5.92 Å². The van der Waals surface area contributed by atoms with Gasteiger partial charge >= 0.3 is 5.97 Å². The summed E-state index contributed by atoms with van der Waals surface area (Å²) < 4.78 is 0. The summed E-state index contributed by atoms with van der Waals surface area (Å²) in [6, 6.07) is 0. The van der Waals surface area contributed by atoms with Crippen molar-refractivity contribution < 1.29 is 9.90 Å². The number of carbonyl (C=O) groups is 1. The predicted molar refractivity (Wildman–Crippen MR) is 110 cm³/mol. The van der Waals surface area contributed by atoms with Crippen molar-refractivity contribution in [3.63, 3.8) is 0 Å². The number of aliphatic carboxylic acids is 1. The minimum Gasteiger partial charge on any atom is -0.481 e. The van der Waals surface area contributed by atoms with E-state index in [1.54, 1.807) is 0 Å². The van der Waals surface area contributed by atoms with E-state index in [0.717, 1.165) is 25.7 Å². The Labute approximate surface area is 158 Å². The van der Waals surface area contributed by atoms with Crippen molar-refractivity contribution in [1.82, 2.24) is 0 Å². The van der Waals surface area contributed by atoms with Crippen molar-refractivity contribution in [2.45, 2.75) is 130 Å². The number of carboxylic acid groups (broad SMARTS) is 1. The van der Waals surface area contributed by atoms with Crippen molar-refractivity contribution in [3.8, 4) is 0 Å². The quantitative estimate of drug-likeness (QED) is 0.253. The third kappa shape index (κ3) is 11.7. The molecule has 0 amide bonds. The average Bonchev–Trinajstić information content (AvgIpc) is 2.58. The molecule has 0 aromatic carbocycles. The molecular formula is C23H46O2. The molecule has 2 nitrogen and oxygen atoms in total. The van der Waals surface area contributed by atoms with Crippen LogP contribution in [-0.4, -0.2) is 11.1 Å². The molecule has 1 unspecified atom stereocenters. The van der Waals surface area contributed by atoms with Crippen LogP contribution < -0.4 is 0 Å². The van der Waals surface area contributed by atoms with E-state index in [0.29, 0.717) is 0 Å². The van der Waals surface area contributed by atoms with Crippen LogP contribution in [0.5, 0.6) is 0 Å². The fraction of sp³-hybridized carbons (Fsp3) is 0.957. The van der Waals surface area contributed by atoms with E-state index in [9.17, 15) is 9.90 Å². The summed E-state index contributed by atoms with van der Waals surface area (Å²) >= 11 is 0. The van der Waals surface area contributed by atoms with E-state index in [1.165, 1.54) is 77.0 Å². The second kappa shape index (κ2) is 15.7. The van der Waals surface area contributed by atoms with Crippen LogP contribution in [0.2, 0.25) is 0 Å². The third-order valence-electron chi connectivity index (χ3n) is 5.92. The highest BCUT2D eigenvalue weighted by molar-refractivity contribution is 5.71. The maximum atomic E-state index is 11.9. The van der Waals surface area contributed by atoms with E-state index in [1.807, 2.05) is 0 Å². The molecule has 0 aromatic heterocycles. The number of unbranched alkanes of at least 4 members (excludes halogenated alkanes) is 10. The zero-order valence-electron chi connectivity index (χ0n) is 17.7. The zero-order chi connectivity index (χ0) is 19.0. The van der Waals surface area contributed by atoms with Gasteiger partial charge in [-0.2, -0.15) is 0 Å². The first kappa shape index (κ1) is 24.5. The Morgan fingerprint density at radius 2 is 1.12 bits per heavy atom. The van der Waals surface area contributed by atoms with E-state index in [4.69, 9.17) is 0 Å². The van der Waals surface area contributed by atoms with E-state index >= 15 is 0 Å². The highest BCUT2D eigenvalue weighted by Gasteiger charge is 2.37. The Morgan fingerprint density at radius 3 is 1.48 bits per heavy atom. The van der Waals surface area contributed by atoms with Gasteiger partial charge in [-0.25, -0.2) is 0 Å². The molecule has 0 aromatic rings. The molecule has 150 valence electrons. The highest BCUT2D eigenvalue weighted by Crippen LogP contribution is 2.41. The Kier molecular flexibility index (Phi) is 15.4. The molecule has 0 aliphatic rings. The van der Waals surface area contributed by atoms with Gasteiger partial charge in [-0.3, -0.25) is 4.79 Å². The first-order valence-corrected chi connectivity index (χ1v) is 11.2. The van der Waals surface area contributed by atoms with Crippen LogP contribution >= 0.6 is 0 Å². The molecule has 0 saturated carbocycles. The summed E-state index contributed by atoms with van der Waals surface area (Å²) in [7, 11) is 0. The Hall–Kier alpha value is -0.530. The smallest absolute Gasteiger partial charge is 0.307 e. The van der Waals surface area contributed by atoms with Crippen molar-refractivity contribution in [2.75, 3.05) is 0 Å². The molecule has 0 heterocycles. The summed E-state index contributed by atoms with van der Waals surface area (Å²) in [6.45, 7) is 8.88. The first-order valence-electron chi connectivity index (χ1n) is 11.2. The van der Waals surface area contributed by atoms with Crippen molar-refractivity contribution in [3.05, 3.63) is 0 Å². The van der Waals surface area contributed by atoms with E-state index < -0.39 is 5.97 Å². The van der Waals surface area contributed by atoms with E-state index in [2.05, 4.69) is 27.7 Å². The minimum atomic E-state index is -0.568. The molecule has 0 fully saturated rings. The summed E-state index contributed by atoms with van der Waals surface area (Å²) in [5.41, 5.74) is -0.0165. The number of rotatable bonds is 18. The van der Waals surface area contributed by atoms with Gasteiger partial charge in [0, 0.05) is 0 Å². The van der Waals surface area contributed by atoms with E-state index in [-0.39, 0.29) is 11.3 Å². The largest absolute Gasteiger partial charge is 0.481 e. The van der Waals surface area contributed by atoms with Crippen LogP contribution in [0.1, 0.15) is 130 Å². The van der Waals surface area contributed by atoms with Crippen molar-refractivity contribution in [1.29, 1.82) is 0 Å². The predicted octanol–water partition coefficient (Wildman–Crippen LogP) is 7.99. The maximum absolute atomic E-state index is 11.9. The average molecular weight is 355 g/mol. The van der Waals surface area contributed by atoms with Crippen molar-refractivity contribution >= 4 is 5.97 Å². The maximum Gasteiger partial charge on any atom is 0.307 e. The van der Waals surface area contributed by atoms with Gasteiger partial charge < -0.3 is 5.11 Å². The molecule has 0 radical (unpaired) electrons. The van der Waals surface area contributed by atoms with Crippen molar-refractivity contribution in [2.24, 2.45) is 11.3 Å². The van der Waals surface area contributed by atoms with Crippen LogP contribution in [0.15, 0.2) is 0 Å². The Morgan fingerprint density at radius 1 is 0.720 bits per heavy atom. The summed E-state index contributed by atoms with van der Waals surface area (Å²) in [6.07, 6.45) is 19.4. The van der Waals surface area contributed by atoms with Gasteiger partial charge in [0.25, 0.3) is 0 Å². The summed E-state index contributed by atoms with van der Waals surface area (Å²) in [5.74, 6) is -0.731. The normalized spacial score (nSPS) is 13.1. The van der Waals surface area contributed by atoms with Gasteiger partial charge in [-0.05, 0) is 24.7 Å². The lowest BCUT2D eigenvalue weighted by molar-refractivity contribution is -0.147. The monoisotopic (exact) mass is 354 g/mol. The van der Waals surface area contributed by atoms with Gasteiger partial charge in [-0.1, -0.05) is 111 Å². The minimum absolute atomic E-state index is 0.0165. The zero-order valence-corrected chi connectivity index (χ0v) is 17.7. The highest BCUT2D eigenvalue weighted by atomic mass is 16.4. The van der Waals surface area contributed by atoms with Crippen LogP contribution in [-0.2, 0) is 4.79 Å². The lowest BCUT2D eigenvalue weighted by atomic mass is 9.68. The molecule has 25 heavy (non-hydrogen) atoms. The summed E-state index contributed by atoms with van der Waals surface area (Å²) in [4.78, 5) is 11.9. The molecule has 1 atom stereocenters. The number of hydrogen-bond acceptors (Lipinski definition) is 1. The first-order chi connectivity index (χ1) is 12.0. The molecule has 0 aliphatic heterocycles. The molecule has 1 N–H and O–H groups in total. The molecule has 0 rings (SSSR count).